The van der Waals surface area contributed by atoms with Crippen molar-refractivity contribution in [2.45, 2.75) is 6.10 Å². The Hall–Kier alpha value is -1.35. The minimum atomic E-state index is -0.898. The van der Waals surface area contributed by atoms with Gasteiger partial charge >= 0.3 is 0 Å². The van der Waals surface area contributed by atoms with E-state index < -0.39 is 11.9 Å². The molecular formula is C10H11FO2. The van der Waals surface area contributed by atoms with E-state index in [2.05, 4.69) is 6.58 Å². The van der Waals surface area contributed by atoms with Crippen molar-refractivity contribution in [3.05, 3.63) is 42.2 Å². The number of benzene rings is 1. The van der Waals surface area contributed by atoms with Gasteiger partial charge in [-0.2, -0.15) is 0 Å². The molecule has 0 aliphatic rings. The second-order valence-corrected chi connectivity index (χ2v) is 2.54. The summed E-state index contributed by atoms with van der Waals surface area (Å²) in [6.07, 6.45) is 0.419. The number of para-hydroxylation sites is 1. The van der Waals surface area contributed by atoms with Crippen molar-refractivity contribution in [2.24, 2.45) is 0 Å². The van der Waals surface area contributed by atoms with Gasteiger partial charge in [0, 0.05) is 5.56 Å². The first-order valence-corrected chi connectivity index (χ1v) is 3.83. The highest BCUT2D eigenvalue weighted by atomic mass is 19.1. The van der Waals surface area contributed by atoms with Gasteiger partial charge in [-0.3, -0.25) is 0 Å². The van der Waals surface area contributed by atoms with Crippen LogP contribution in [0.25, 0.3) is 0 Å². The molecule has 0 heterocycles. The number of aliphatic hydroxyl groups is 1. The largest absolute Gasteiger partial charge is 0.493 e. The molecule has 0 aliphatic heterocycles. The molecule has 1 unspecified atom stereocenters. The molecule has 1 atom stereocenters. The third-order valence-electron chi connectivity index (χ3n) is 1.74. The molecule has 1 rings (SSSR count). The highest BCUT2D eigenvalue weighted by Gasteiger charge is 2.13. The fourth-order valence-corrected chi connectivity index (χ4v) is 1.10. The van der Waals surface area contributed by atoms with Crippen molar-refractivity contribution >= 4 is 0 Å². The van der Waals surface area contributed by atoms with E-state index in [1.54, 1.807) is 6.07 Å². The zero-order valence-corrected chi connectivity index (χ0v) is 7.33. The van der Waals surface area contributed by atoms with Crippen LogP contribution in [0, 0.1) is 5.82 Å². The summed E-state index contributed by atoms with van der Waals surface area (Å²) < 4.78 is 17.9. The SMILES string of the molecule is C=CC(O)c1cccc(F)c1OC. The zero-order chi connectivity index (χ0) is 9.84. The predicted octanol–water partition coefficient (Wildman–Crippen LogP) is 2.05. The van der Waals surface area contributed by atoms with Crippen molar-refractivity contribution in [1.82, 2.24) is 0 Å². The maximum atomic E-state index is 13.1. The molecule has 0 radical (unpaired) electrons. The van der Waals surface area contributed by atoms with Gasteiger partial charge in [-0.1, -0.05) is 18.2 Å². The lowest BCUT2D eigenvalue weighted by molar-refractivity contribution is 0.221. The second kappa shape index (κ2) is 4.05. The topological polar surface area (TPSA) is 29.5 Å². The minimum absolute atomic E-state index is 0.0647. The Morgan fingerprint density at radius 1 is 1.62 bits per heavy atom. The average Bonchev–Trinajstić information content (AvgIpc) is 2.16. The molecule has 0 saturated carbocycles. The molecule has 0 aromatic heterocycles. The normalized spacial score (nSPS) is 12.2. The average molecular weight is 182 g/mol. The van der Waals surface area contributed by atoms with Gasteiger partial charge in [0.05, 0.1) is 7.11 Å². The lowest BCUT2D eigenvalue weighted by Gasteiger charge is -2.11. The fraction of sp³-hybridized carbons (Fsp3) is 0.200. The quantitative estimate of drug-likeness (QED) is 0.725. The Kier molecular flexibility index (Phi) is 3.03. The lowest BCUT2D eigenvalue weighted by atomic mass is 10.1. The Morgan fingerprint density at radius 2 is 2.31 bits per heavy atom. The van der Waals surface area contributed by atoms with Gasteiger partial charge in [0.15, 0.2) is 11.6 Å². The molecule has 3 heteroatoms. The summed E-state index contributed by atoms with van der Waals surface area (Å²) in [6, 6.07) is 4.38. The number of hydrogen-bond acceptors (Lipinski definition) is 2. The summed E-state index contributed by atoms with van der Waals surface area (Å²) in [5, 5.41) is 9.40. The van der Waals surface area contributed by atoms with Crippen LogP contribution in [-0.4, -0.2) is 12.2 Å². The van der Waals surface area contributed by atoms with Crippen LogP contribution >= 0.6 is 0 Å². The molecule has 1 aromatic carbocycles. The number of methoxy groups -OCH3 is 1. The van der Waals surface area contributed by atoms with E-state index >= 15 is 0 Å². The minimum Gasteiger partial charge on any atom is -0.493 e. The van der Waals surface area contributed by atoms with Gasteiger partial charge in [0.1, 0.15) is 6.10 Å². The lowest BCUT2D eigenvalue weighted by Crippen LogP contribution is -1.99. The molecule has 0 amide bonds. The summed E-state index contributed by atoms with van der Waals surface area (Å²) in [5.41, 5.74) is 0.387. The van der Waals surface area contributed by atoms with Crippen LogP contribution in [0.3, 0.4) is 0 Å². The number of aliphatic hydroxyl groups excluding tert-OH is 1. The van der Waals surface area contributed by atoms with E-state index in [1.165, 1.54) is 25.3 Å². The Labute approximate surface area is 76.3 Å². The van der Waals surface area contributed by atoms with Gasteiger partial charge in [0.2, 0.25) is 0 Å². The molecule has 0 aliphatic carbocycles. The number of rotatable bonds is 3. The van der Waals surface area contributed by atoms with Gasteiger partial charge in [-0.25, -0.2) is 4.39 Å². The van der Waals surface area contributed by atoms with Crippen LogP contribution in [-0.2, 0) is 0 Å². The first kappa shape index (κ1) is 9.74. The zero-order valence-electron chi connectivity index (χ0n) is 7.33. The fourth-order valence-electron chi connectivity index (χ4n) is 1.10. The molecule has 1 N–H and O–H groups in total. The van der Waals surface area contributed by atoms with Crippen LogP contribution in [0.4, 0.5) is 4.39 Å². The van der Waals surface area contributed by atoms with Crippen molar-refractivity contribution in [2.75, 3.05) is 7.11 Å². The van der Waals surface area contributed by atoms with Gasteiger partial charge in [-0.15, -0.1) is 6.58 Å². The summed E-state index contributed by atoms with van der Waals surface area (Å²) in [5.74, 6) is -0.421. The molecular weight excluding hydrogens is 171 g/mol. The van der Waals surface area contributed by atoms with E-state index in [9.17, 15) is 9.50 Å². The van der Waals surface area contributed by atoms with Crippen LogP contribution < -0.4 is 4.74 Å². The van der Waals surface area contributed by atoms with Crippen LogP contribution in [0.15, 0.2) is 30.9 Å². The monoisotopic (exact) mass is 182 g/mol. The van der Waals surface area contributed by atoms with Crippen molar-refractivity contribution in [3.63, 3.8) is 0 Å². The Balaban J connectivity index is 3.19. The van der Waals surface area contributed by atoms with Gasteiger partial charge in [0.25, 0.3) is 0 Å². The summed E-state index contributed by atoms with van der Waals surface area (Å²) >= 11 is 0. The van der Waals surface area contributed by atoms with Crippen molar-refractivity contribution in [1.29, 1.82) is 0 Å². The first-order valence-electron chi connectivity index (χ1n) is 3.83. The highest BCUT2D eigenvalue weighted by molar-refractivity contribution is 5.37. The smallest absolute Gasteiger partial charge is 0.165 e. The first-order chi connectivity index (χ1) is 6.20. The predicted molar refractivity (Wildman–Crippen MR) is 48.1 cm³/mol. The van der Waals surface area contributed by atoms with E-state index in [1.807, 2.05) is 0 Å². The molecule has 70 valence electrons. The summed E-state index contributed by atoms with van der Waals surface area (Å²) in [6.45, 7) is 3.41. The molecule has 2 nitrogen and oxygen atoms in total. The molecule has 1 aromatic rings. The van der Waals surface area contributed by atoms with E-state index in [4.69, 9.17) is 4.74 Å². The van der Waals surface area contributed by atoms with Gasteiger partial charge < -0.3 is 9.84 Å². The summed E-state index contributed by atoms with van der Waals surface area (Å²) in [4.78, 5) is 0. The second-order valence-electron chi connectivity index (χ2n) is 2.54. The van der Waals surface area contributed by atoms with E-state index in [0.29, 0.717) is 5.56 Å². The van der Waals surface area contributed by atoms with Crippen molar-refractivity contribution in [3.8, 4) is 5.75 Å². The molecule has 13 heavy (non-hydrogen) atoms. The van der Waals surface area contributed by atoms with E-state index in [0.717, 1.165) is 0 Å². The number of halogens is 1. The standard InChI is InChI=1S/C10H11FO2/c1-3-9(12)7-5-4-6-8(11)10(7)13-2/h3-6,9,12H,1H2,2H3. The highest BCUT2D eigenvalue weighted by Crippen LogP contribution is 2.28. The number of hydrogen-bond donors (Lipinski definition) is 1. The maximum absolute atomic E-state index is 13.1. The molecule has 0 fully saturated rings. The third kappa shape index (κ3) is 1.87. The van der Waals surface area contributed by atoms with Crippen molar-refractivity contribution < 1.29 is 14.2 Å². The summed E-state index contributed by atoms with van der Waals surface area (Å²) in [7, 11) is 1.36. The number of ether oxygens (including phenoxy) is 1. The maximum Gasteiger partial charge on any atom is 0.165 e. The van der Waals surface area contributed by atoms with E-state index in [-0.39, 0.29) is 5.75 Å². The van der Waals surface area contributed by atoms with Crippen LogP contribution in [0.2, 0.25) is 0 Å². The Bertz CT molecular complexity index is 310. The molecule has 0 spiro atoms. The molecule has 0 bridgehead atoms. The van der Waals surface area contributed by atoms with Gasteiger partial charge in [-0.05, 0) is 6.07 Å². The third-order valence-corrected chi connectivity index (χ3v) is 1.74. The Morgan fingerprint density at radius 3 is 2.85 bits per heavy atom. The van der Waals surface area contributed by atoms with Crippen LogP contribution in [0.1, 0.15) is 11.7 Å². The molecule has 0 saturated heterocycles. The van der Waals surface area contributed by atoms with Crippen LogP contribution in [0.5, 0.6) is 5.75 Å².